The Bertz CT molecular complexity index is 2000. The summed E-state index contributed by atoms with van der Waals surface area (Å²) in [6.07, 6.45) is 6.32. The Morgan fingerprint density at radius 3 is 1.71 bits per heavy atom. The number of hydrogen-bond acceptors (Lipinski definition) is 9. The Kier molecular flexibility index (Phi) is 12.4. The van der Waals surface area contributed by atoms with Gasteiger partial charge >= 0.3 is 0 Å². The second kappa shape index (κ2) is 16.7. The van der Waals surface area contributed by atoms with Gasteiger partial charge in [0.25, 0.3) is 21.9 Å². The number of amides is 2. The average molecular weight is 799 g/mol. The lowest BCUT2D eigenvalue weighted by Crippen LogP contribution is -2.44. The molecule has 0 saturated carbocycles. The number of ether oxygens (including phenoxy) is 4. The second-order valence-electron chi connectivity index (χ2n) is 15.7. The summed E-state index contributed by atoms with van der Waals surface area (Å²) in [5.74, 6) is 1.70. The van der Waals surface area contributed by atoms with E-state index in [0.717, 1.165) is 42.4 Å². The zero-order valence-corrected chi connectivity index (χ0v) is 34.2. The molecule has 0 spiro atoms. The summed E-state index contributed by atoms with van der Waals surface area (Å²) >= 11 is 0. The van der Waals surface area contributed by atoms with Gasteiger partial charge in [0.15, 0.2) is 23.0 Å². The van der Waals surface area contributed by atoms with Crippen LogP contribution >= 0.6 is 7.14 Å². The summed E-state index contributed by atoms with van der Waals surface area (Å²) in [6, 6.07) is 6.35. The van der Waals surface area contributed by atoms with Crippen molar-refractivity contribution in [2.24, 2.45) is 5.92 Å². The Morgan fingerprint density at radius 1 is 0.745 bits per heavy atom. The van der Waals surface area contributed by atoms with E-state index in [1.807, 2.05) is 11.0 Å². The highest BCUT2D eigenvalue weighted by Crippen LogP contribution is 2.48. The topological polar surface area (TPSA) is 149 Å². The maximum absolute atomic E-state index is 14.2. The third-order valence-electron chi connectivity index (χ3n) is 11.6. The molecule has 55 heavy (non-hydrogen) atoms. The zero-order chi connectivity index (χ0) is 39.7. The lowest BCUT2D eigenvalue weighted by molar-refractivity contribution is 0.0709. The van der Waals surface area contributed by atoms with Crippen molar-refractivity contribution in [3.05, 3.63) is 70.8 Å². The molecule has 6 rings (SSSR count). The number of fused-ring (bicyclic) bond motifs is 4. The molecule has 0 aliphatic carbocycles. The molecule has 1 N–H and O–H groups in total. The molecular formula is C41H55N2O10PS. The molecule has 4 heterocycles. The Labute approximate surface area is 325 Å². The number of hydrogen-bond donors (Lipinski definition) is 1. The van der Waals surface area contributed by atoms with Crippen LogP contribution in [0.15, 0.2) is 48.6 Å². The van der Waals surface area contributed by atoms with Crippen molar-refractivity contribution in [3.63, 3.8) is 0 Å². The molecule has 5 atom stereocenters. The largest absolute Gasteiger partial charge is 0.493 e. The van der Waals surface area contributed by atoms with Crippen molar-refractivity contribution >= 4 is 29.1 Å². The van der Waals surface area contributed by atoms with Crippen LogP contribution in [0.2, 0.25) is 0 Å². The quantitative estimate of drug-likeness (QED) is 0.0847. The molecule has 2 amide bonds. The van der Waals surface area contributed by atoms with Crippen molar-refractivity contribution < 1.29 is 46.1 Å². The van der Waals surface area contributed by atoms with Crippen molar-refractivity contribution in [1.29, 1.82) is 0 Å². The standard InChI is InChI=1S/C41H55N2O10PS/c1-7-8-13-54(46,14-9-11-52-37-19-29-18-28(4)33-16-26(2)24-42(33)40(44)31(29)22-35(37)50-5)15-10-12-53-38-20-30-21-39(55(47,48)49)34-17-27(3)25-43(34)41(45)32(30)23-36(38)51-6/h19-20,22-23,28,33-34,39H,2-3,7-18,21,24-25H2,1,4-6H3,(H,47,48,49)/t28?,33-,34-,39?,54?/m0/s1. The van der Waals surface area contributed by atoms with E-state index in [1.54, 1.807) is 25.3 Å². The first-order valence-electron chi connectivity index (χ1n) is 19.3. The molecule has 3 unspecified atom stereocenters. The maximum Gasteiger partial charge on any atom is 0.270 e. The highest BCUT2D eigenvalue weighted by atomic mass is 32.2. The van der Waals surface area contributed by atoms with Gasteiger partial charge in [-0.1, -0.05) is 44.6 Å². The maximum atomic E-state index is 14.2. The molecule has 300 valence electrons. The van der Waals surface area contributed by atoms with Crippen molar-refractivity contribution in [3.8, 4) is 23.0 Å². The van der Waals surface area contributed by atoms with Crippen LogP contribution in [-0.4, -0.2) is 111 Å². The van der Waals surface area contributed by atoms with Crippen LogP contribution in [0.3, 0.4) is 0 Å². The van der Waals surface area contributed by atoms with Gasteiger partial charge < -0.3 is 33.3 Å². The van der Waals surface area contributed by atoms with E-state index < -0.39 is 28.6 Å². The molecule has 2 fully saturated rings. The fourth-order valence-electron chi connectivity index (χ4n) is 8.73. The van der Waals surface area contributed by atoms with Crippen LogP contribution in [-0.2, 0) is 27.5 Å². The third-order valence-corrected chi connectivity index (χ3v) is 16.3. The number of unbranched alkanes of at least 4 members (excludes halogenated alkanes) is 1. The number of methoxy groups -OCH3 is 2. The minimum absolute atomic E-state index is 0.00212. The SMILES string of the molecule is C=C1C[C@H]2C(C)Cc3cc(OCCCP(=O)(CCCC)CCCOc4cc5c(cc4OC)C(=O)N4CC(=C)C[C@H]4C(S(=O)(=O)O)C5)c(OC)cc3C(=O)N2C1. The fourth-order valence-corrected chi connectivity index (χ4v) is 12.7. The number of carbonyl (C=O) groups is 2. The number of carbonyl (C=O) groups excluding carboxylic acids is 2. The molecule has 0 aromatic heterocycles. The normalized spacial score (nSPS) is 23.3. The molecule has 0 radical (unpaired) electrons. The van der Waals surface area contributed by atoms with Crippen molar-refractivity contribution in [1.82, 2.24) is 9.80 Å². The van der Waals surface area contributed by atoms with Gasteiger partial charge in [0.1, 0.15) is 5.25 Å². The summed E-state index contributed by atoms with van der Waals surface area (Å²) in [4.78, 5) is 30.5. The highest BCUT2D eigenvalue weighted by Gasteiger charge is 2.46. The lowest BCUT2D eigenvalue weighted by atomic mass is 9.91. The van der Waals surface area contributed by atoms with Crippen molar-refractivity contribution in [2.75, 3.05) is 59.0 Å². The van der Waals surface area contributed by atoms with Gasteiger partial charge in [-0.05, 0) is 86.3 Å². The van der Waals surface area contributed by atoms with E-state index >= 15 is 0 Å². The first kappa shape index (κ1) is 40.9. The Balaban J connectivity index is 1.08. The van der Waals surface area contributed by atoms with Gasteiger partial charge in [0, 0.05) is 48.7 Å². The summed E-state index contributed by atoms with van der Waals surface area (Å²) in [7, 11) is -4.02. The van der Waals surface area contributed by atoms with E-state index in [-0.39, 0.29) is 43.3 Å². The zero-order valence-electron chi connectivity index (χ0n) is 32.5. The van der Waals surface area contributed by atoms with Gasteiger partial charge in [-0.3, -0.25) is 14.1 Å². The van der Waals surface area contributed by atoms with Crippen molar-refractivity contribution in [2.45, 2.75) is 82.5 Å². The van der Waals surface area contributed by atoms with Gasteiger partial charge in [0.2, 0.25) is 0 Å². The minimum Gasteiger partial charge on any atom is -0.493 e. The van der Waals surface area contributed by atoms with Crippen LogP contribution in [0.1, 0.15) is 84.2 Å². The van der Waals surface area contributed by atoms with Crippen LogP contribution in [0.25, 0.3) is 0 Å². The molecule has 0 bridgehead atoms. The first-order chi connectivity index (χ1) is 26.2. The summed E-state index contributed by atoms with van der Waals surface area (Å²) in [6.45, 7) is 13.7. The average Bonchev–Trinajstić information content (AvgIpc) is 3.69. The Hall–Kier alpha value is -3.80. The van der Waals surface area contributed by atoms with Crippen LogP contribution in [0.4, 0.5) is 0 Å². The van der Waals surface area contributed by atoms with Crippen LogP contribution in [0, 0.1) is 5.92 Å². The van der Waals surface area contributed by atoms with E-state index in [9.17, 15) is 27.1 Å². The molecular weight excluding hydrogens is 743 g/mol. The number of rotatable bonds is 16. The first-order valence-corrected chi connectivity index (χ1v) is 23.1. The van der Waals surface area contributed by atoms with Gasteiger partial charge in [0.05, 0.1) is 40.6 Å². The molecule has 2 saturated heterocycles. The molecule has 2 aromatic carbocycles. The van der Waals surface area contributed by atoms with Crippen LogP contribution < -0.4 is 18.9 Å². The minimum atomic E-state index is -4.48. The summed E-state index contributed by atoms with van der Waals surface area (Å²) < 4.78 is 73.0. The van der Waals surface area contributed by atoms with E-state index in [0.29, 0.717) is 90.6 Å². The van der Waals surface area contributed by atoms with E-state index in [1.165, 1.54) is 12.0 Å². The molecule has 4 aliphatic rings. The molecule has 12 nitrogen and oxygen atoms in total. The van der Waals surface area contributed by atoms with Gasteiger partial charge in [-0.25, -0.2) is 0 Å². The summed E-state index contributed by atoms with van der Waals surface area (Å²) in [5.41, 5.74) is 4.17. The molecule has 4 aliphatic heterocycles. The molecule has 14 heteroatoms. The number of nitrogens with zero attached hydrogens (tertiary/aromatic N) is 2. The Morgan fingerprint density at radius 2 is 1.22 bits per heavy atom. The van der Waals surface area contributed by atoms with E-state index in [4.69, 9.17) is 18.9 Å². The molecule has 2 aromatic rings. The monoisotopic (exact) mass is 798 g/mol. The van der Waals surface area contributed by atoms with Gasteiger partial charge in [-0.2, -0.15) is 8.42 Å². The van der Waals surface area contributed by atoms with Gasteiger partial charge in [-0.15, -0.1) is 0 Å². The highest BCUT2D eigenvalue weighted by molar-refractivity contribution is 7.86. The predicted octanol–water partition coefficient (Wildman–Crippen LogP) is 6.65. The van der Waals surface area contributed by atoms with E-state index in [2.05, 4.69) is 27.0 Å². The smallest absolute Gasteiger partial charge is 0.270 e. The third kappa shape index (κ3) is 8.79. The predicted molar refractivity (Wildman–Crippen MR) is 212 cm³/mol. The lowest BCUT2D eigenvalue weighted by Gasteiger charge is -2.26. The fraction of sp³-hybridized carbons (Fsp3) is 0.561. The second-order valence-corrected chi connectivity index (χ2v) is 20.7. The number of benzene rings is 2. The summed E-state index contributed by atoms with van der Waals surface area (Å²) in [5, 5.41) is -1.20. The van der Waals surface area contributed by atoms with Crippen LogP contribution in [0.5, 0.6) is 23.0 Å².